The van der Waals surface area contributed by atoms with Gasteiger partial charge in [-0.05, 0) is 15.9 Å². The zero-order valence-corrected chi connectivity index (χ0v) is 7.77. The van der Waals surface area contributed by atoms with E-state index >= 15 is 0 Å². The van der Waals surface area contributed by atoms with Gasteiger partial charge in [0.05, 0.1) is 4.47 Å². The predicted octanol–water partition coefficient (Wildman–Crippen LogP) is 1.93. The summed E-state index contributed by atoms with van der Waals surface area (Å²) in [5, 5.41) is 0. The summed E-state index contributed by atoms with van der Waals surface area (Å²) in [5.74, 6) is -3.16. The van der Waals surface area contributed by atoms with Crippen LogP contribution in [0.3, 0.4) is 0 Å². The number of nitrogens with zero attached hydrogens (tertiary/aromatic N) is 2. The number of hydrogen-bond acceptors (Lipinski definition) is 3. The summed E-state index contributed by atoms with van der Waals surface area (Å²) in [6, 6.07) is 0. The first-order valence-electron chi connectivity index (χ1n) is 3.07. The molecule has 3 nitrogen and oxygen atoms in total. The van der Waals surface area contributed by atoms with Crippen LogP contribution in [0.15, 0.2) is 10.7 Å². The third-order valence-electron chi connectivity index (χ3n) is 1.18. The number of anilines is 1. The van der Waals surface area contributed by atoms with Gasteiger partial charge in [-0.3, -0.25) is 0 Å². The minimum absolute atomic E-state index is 0.157. The third-order valence-corrected chi connectivity index (χ3v) is 1.76. The first-order chi connectivity index (χ1) is 5.41. The van der Waals surface area contributed by atoms with Gasteiger partial charge in [0.15, 0.2) is 0 Å². The van der Waals surface area contributed by atoms with Crippen molar-refractivity contribution in [2.75, 3.05) is 5.73 Å². The average molecular weight is 238 g/mol. The summed E-state index contributed by atoms with van der Waals surface area (Å²) in [5.41, 5.74) is 4.75. The van der Waals surface area contributed by atoms with Crippen LogP contribution in [0.25, 0.3) is 0 Å². The van der Waals surface area contributed by atoms with Crippen molar-refractivity contribution < 1.29 is 8.78 Å². The lowest BCUT2D eigenvalue weighted by Gasteiger charge is -2.10. The normalized spacial score (nSPS) is 11.7. The lowest BCUT2D eigenvalue weighted by atomic mass is 10.2. The second-order valence-corrected chi connectivity index (χ2v) is 3.17. The molecule has 1 aromatic heterocycles. The quantitative estimate of drug-likeness (QED) is 0.813. The number of nitrogens with two attached hydrogens (primary N) is 1. The van der Waals surface area contributed by atoms with Crippen LogP contribution in [-0.2, 0) is 5.92 Å². The standard InChI is InChI=1S/C6H6BrF2N3/c1-6(8,9)4-3(7)2-11-5(10)12-4/h2H,1H3,(H2,10,11,12). The molecule has 0 amide bonds. The molecule has 6 heteroatoms. The fourth-order valence-electron chi connectivity index (χ4n) is 0.689. The first kappa shape index (κ1) is 9.31. The van der Waals surface area contributed by atoms with E-state index in [0.717, 1.165) is 6.92 Å². The number of rotatable bonds is 1. The van der Waals surface area contributed by atoms with Crippen LogP contribution >= 0.6 is 15.9 Å². The van der Waals surface area contributed by atoms with E-state index < -0.39 is 11.6 Å². The number of hydrogen-bond donors (Lipinski definition) is 1. The Hall–Kier alpha value is -0.780. The molecule has 0 aliphatic carbocycles. The number of aromatic nitrogens is 2. The first-order valence-corrected chi connectivity index (χ1v) is 3.87. The molecule has 0 radical (unpaired) electrons. The minimum Gasteiger partial charge on any atom is -0.368 e. The van der Waals surface area contributed by atoms with Crippen molar-refractivity contribution in [3.05, 3.63) is 16.4 Å². The second-order valence-electron chi connectivity index (χ2n) is 2.31. The number of nitrogen functional groups attached to an aromatic ring is 1. The fourth-order valence-corrected chi connectivity index (χ4v) is 1.23. The molecule has 0 saturated carbocycles. The molecule has 0 aliphatic heterocycles. The molecule has 0 atom stereocenters. The lowest BCUT2D eigenvalue weighted by molar-refractivity contribution is 0.0119. The molecule has 1 rings (SSSR count). The summed E-state index contributed by atoms with van der Waals surface area (Å²) >= 11 is 2.91. The summed E-state index contributed by atoms with van der Waals surface area (Å²) in [6.45, 7) is 0.750. The average Bonchev–Trinajstić information content (AvgIpc) is 1.92. The van der Waals surface area contributed by atoms with E-state index in [-0.39, 0.29) is 10.4 Å². The van der Waals surface area contributed by atoms with Gasteiger partial charge in [0.2, 0.25) is 5.95 Å². The molecule has 1 heterocycles. The largest absolute Gasteiger partial charge is 0.368 e. The monoisotopic (exact) mass is 237 g/mol. The van der Waals surface area contributed by atoms with E-state index in [1.165, 1.54) is 6.20 Å². The minimum atomic E-state index is -3.00. The van der Waals surface area contributed by atoms with E-state index in [9.17, 15) is 8.78 Å². The Labute approximate surface area is 76.1 Å². The molecule has 0 bridgehead atoms. The molecule has 0 fully saturated rings. The van der Waals surface area contributed by atoms with Crippen molar-refractivity contribution in [3.63, 3.8) is 0 Å². The molecular formula is C6H6BrF2N3. The molecule has 12 heavy (non-hydrogen) atoms. The Balaban J connectivity index is 3.23. The topological polar surface area (TPSA) is 51.8 Å². The van der Waals surface area contributed by atoms with Crippen LogP contribution < -0.4 is 5.73 Å². The van der Waals surface area contributed by atoms with Crippen molar-refractivity contribution in [1.82, 2.24) is 9.97 Å². The summed E-state index contributed by atoms with van der Waals surface area (Å²) in [6.07, 6.45) is 1.20. The van der Waals surface area contributed by atoms with Gasteiger partial charge in [-0.15, -0.1) is 0 Å². The molecule has 0 spiro atoms. The predicted molar refractivity (Wildman–Crippen MR) is 43.7 cm³/mol. The van der Waals surface area contributed by atoms with Crippen molar-refractivity contribution in [3.8, 4) is 0 Å². The van der Waals surface area contributed by atoms with E-state index in [0.29, 0.717) is 0 Å². The van der Waals surface area contributed by atoms with Gasteiger partial charge in [-0.25, -0.2) is 9.97 Å². The molecule has 0 unspecified atom stereocenters. The summed E-state index contributed by atoms with van der Waals surface area (Å²) in [7, 11) is 0. The maximum absolute atomic E-state index is 12.7. The maximum Gasteiger partial charge on any atom is 0.288 e. The van der Waals surface area contributed by atoms with Crippen molar-refractivity contribution in [1.29, 1.82) is 0 Å². The van der Waals surface area contributed by atoms with Crippen LogP contribution in [0.1, 0.15) is 12.6 Å². The van der Waals surface area contributed by atoms with Crippen molar-refractivity contribution in [2.45, 2.75) is 12.8 Å². The number of halogens is 3. The van der Waals surface area contributed by atoms with Crippen LogP contribution in [0, 0.1) is 0 Å². The summed E-state index contributed by atoms with van der Waals surface area (Å²) < 4.78 is 25.6. The van der Waals surface area contributed by atoms with Crippen LogP contribution in [0.2, 0.25) is 0 Å². The molecule has 2 N–H and O–H groups in total. The molecule has 1 aromatic rings. The van der Waals surface area contributed by atoms with Crippen LogP contribution in [0.5, 0.6) is 0 Å². The van der Waals surface area contributed by atoms with E-state index in [2.05, 4.69) is 25.9 Å². The smallest absolute Gasteiger partial charge is 0.288 e. The maximum atomic E-state index is 12.7. The Bertz CT molecular complexity index is 297. The van der Waals surface area contributed by atoms with Crippen LogP contribution in [0.4, 0.5) is 14.7 Å². The van der Waals surface area contributed by atoms with Gasteiger partial charge >= 0.3 is 0 Å². The van der Waals surface area contributed by atoms with Crippen LogP contribution in [-0.4, -0.2) is 9.97 Å². The molecule has 66 valence electrons. The lowest BCUT2D eigenvalue weighted by Crippen LogP contribution is -2.12. The van der Waals surface area contributed by atoms with Gasteiger partial charge in [0, 0.05) is 13.1 Å². The Morgan fingerprint density at radius 1 is 1.58 bits per heavy atom. The van der Waals surface area contributed by atoms with Gasteiger partial charge in [-0.2, -0.15) is 8.78 Å². The molecule has 0 aromatic carbocycles. The van der Waals surface area contributed by atoms with Crippen molar-refractivity contribution in [2.24, 2.45) is 0 Å². The molecular weight excluding hydrogens is 232 g/mol. The van der Waals surface area contributed by atoms with Gasteiger partial charge in [0.1, 0.15) is 5.69 Å². The Kier molecular flexibility index (Phi) is 2.27. The van der Waals surface area contributed by atoms with E-state index in [4.69, 9.17) is 5.73 Å². The highest BCUT2D eigenvalue weighted by Crippen LogP contribution is 2.30. The number of alkyl halides is 2. The van der Waals surface area contributed by atoms with Gasteiger partial charge in [0.25, 0.3) is 5.92 Å². The zero-order chi connectivity index (χ0) is 9.35. The molecule has 0 saturated heterocycles. The molecule has 0 aliphatic rings. The fraction of sp³-hybridized carbons (Fsp3) is 0.333. The van der Waals surface area contributed by atoms with E-state index in [1.807, 2.05) is 0 Å². The highest BCUT2D eigenvalue weighted by atomic mass is 79.9. The van der Waals surface area contributed by atoms with Crippen molar-refractivity contribution >= 4 is 21.9 Å². The van der Waals surface area contributed by atoms with Gasteiger partial charge < -0.3 is 5.73 Å². The zero-order valence-electron chi connectivity index (χ0n) is 6.18. The highest BCUT2D eigenvalue weighted by Gasteiger charge is 2.29. The Morgan fingerprint density at radius 2 is 2.17 bits per heavy atom. The third kappa shape index (κ3) is 1.88. The summed E-state index contributed by atoms with van der Waals surface area (Å²) in [4.78, 5) is 6.95. The second kappa shape index (κ2) is 2.93. The van der Waals surface area contributed by atoms with E-state index in [1.54, 1.807) is 0 Å². The van der Waals surface area contributed by atoms with Gasteiger partial charge in [-0.1, -0.05) is 0 Å². The Morgan fingerprint density at radius 3 is 2.58 bits per heavy atom. The SMILES string of the molecule is CC(F)(F)c1nc(N)ncc1Br. The highest BCUT2D eigenvalue weighted by molar-refractivity contribution is 9.10.